The fourth-order valence-electron chi connectivity index (χ4n) is 1.87. The summed E-state index contributed by atoms with van der Waals surface area (Å²) < 4.78 is 32.4. The SMILES string of the molecule is NCc1ccccc1S(=O)(=O)NCCOc1ccccc1. The molecule has 0 aliphatic rings. The molecule has 0 saturated heterocycles. The van der Waals surface area contributed by atoms with Crippen LogP contribution >= 0.6 is 0 Å². The molecular weight excluding hydrogens is 288 g/mol. The molecule has 0 atom stereocenters. The molecule has 0 fully saturated rings. The van der Waals surface area contributed by atoms with E-state index in [0.717, 1.165) is 0 Å². The lowest BCUT2D eigenvalue weighted by Crippen LogP contribution is -2.29. The van der Waals surface area contributed by atoms with E-state index < -0.39 is 10.0 Å². The number of rotatable bonds is 7. The number of hydrogen-bond acceptors (Lipinski definition) is 4. The first-order chi connectivity index (χ1) is 10.1. The highest BCUT2D eigenvalue weighted by Crippen LogP contribution is 2.14. The summed E-state index contributed by atoms with van der Waals surface area (Å²) in [5.74, 6) is 0.707. The van der Waals surface area contributed by atoms with Crippen LogP contribution in [-0.4, -0.2) is 21.6 Å². The van der Waals surface area contributed by atoms with Crippen molar-refractivity contribution in [2.45, 2.75) is 11.4 Å². The predicted molar refractivity (Wildman–Crippen MR) is 81.5 cm³/mol. The van der Waals surface area contributed by atoms with E-state index in [-0.39, 0.29) is 24.6 Å². The number of hydrogen-bond donors (Lipinski definition) is 2. The number of nitrogens with two attached hydrogens (primary N) is 1. The third-order valence-corrected chi connectivity index (χ3v) is 4.45. The van der Waals surface area contributed by atoms with Gasteiger partial charge in [-0.25, -0.2) is 13.1 Å². The molecule has 0 unspecified atom stereocenters. The Hall–Kier alpha value is -1.89. The van der Waals surface area contributed by atoms with E-state index in [9.17, 15) is 8.42 Å². The van der Waals surface area contributed by atoms with Gasteiger partial charge in [0.15, 0.2) is 0 Å². The van der Waals surface area contributed by atoms with Crippen LogP contribution in [0, 0.1) is 0 Å². The Labute approximate surface area is 124 Å². The highest BCUT2D eigenvalue weighted by molar-refractivity contribution is 7.89. The lowest BCUT2D eigenvalue weighted by atomic mass is 10.2. The maximum Gasteiger partial charge on any atom is 0.241 e. The number of benzene rings is 2. The fraction of sp³-hybridized carbons (Fsp3) is 0.200. The molecule has 0 aliphatic carbocycles. The monoisotopic (exact) mass is 306 g/mol. The highest BCUT2D eigenvalue weighted by atomic mass is 32.2. The molecule has 0 saturated carbocycles. The molecule has 0 spiro atoms. The zero-order valence-electron chi connectivity index (χ0n) is 11.5. The summed E-state index contributed by atoms with van der Waals surface area (Å²) in [5.41, 5.74) is 6.15. The molecule has 0 radical (unpaired) electrons. The fourth-order valence-corrected chi connectivity index (χ4v) is 3.14. The summed E-state index contributed by atoms with van der Waals surface area (Å²) in [6.07, 6.45) is 0. The van der Waals surface area contributed by atoms with Gasteiger partial charge in [-0.1, -0.05) is 36.4 Å². The molecule has 2 aromatic carbocycles. The van der Waals surface area contributed by atoms with Gasteiger partial charge in [0.05, 0.1) is 4.90 Å². The van der Waals surface area contributed by atoms with Crippen LogP contribution in [0.2, 0.25) is 0 Å². The number of para-hydroxylation sites is 1. The molecule has 0 heterocycles. The Balaban J connectivity index is 1.93. The van der Waals surface area contributed by atoms with Gasteiger partial charge in [0.25, 0.3) is 0 Å². The van der Waals surface area contributed by atoms with Crippen molar-refractivity contribution in [3.8, 4) is 5.75 Å². The van der Waals surface area contributed by atoms with Gasteiger partial charge in [0.2, 0.25) is 10.0 Å². The Morgan fingerprint density at radius 2 is 1.67 bits per heavy atom. The predicted octanol–water partition coefficient (Wildman–Crippen LogP) is 1.50. The molecule has 0 amide bonds. The Morgan fingerprint density at radius 1 is 1.00 bits per heavy atom. The minimum Gasteiger partial charge on any atom is -0.492 e. The van der Waals surface area contributed by atoms with E-state index >= 15 is 0 Å². The zero-order valence-corrected chi connectivity index (χ0v) is 12.3. The molecule has 21 heavy (non-hydrogen) atoms. The summed E-state index contributed by atoms with van der Waals surface area (Å²) in [7, 11) is -3.57. The Bertz CT molecular complexity index is 672. The van der Waals surface area contributed by atoms with Crippen molar-refractivity contribution in [2.24, 2.45) is 5.73 Å². The highest BCUT2D eigenvalue weighted by Gasteiger charge is 2.16. The topological polar surface area (TPSA) is 81.4 Å². The van der Waals surface area contributed by atoms with Crippen molar-refractivity contribution >= 4 is 10.0 Å². The van der Waals surface area contributed by atoms with Gasteiger partial charge >= 0.3 is 0 Å². The van der Waals surface area contributed by atoms with Crippen LogP contribution in [0.25, 0.3) is 0 Å². The molecule has 0 aromatic heterocycles. The van der Waals surface area contributed by atoms with Crippen LogP contribution < -0.4 is 15.2 Å². The number of ether oxygens (including phenoxy) is 1. The third-order valence-electron chi connectivity index (χ3n) is 2.89. The maximum atomic E-state index is 12.2. The van der Waals surface area contributed by atoms with Crippen molar-refractivity contribution in [3.63, 3.8) is 0 Å². The standard InChI is InChI=1S/C15H18N2O3S/c16-12-13-6-4-5-9-15(13)21(18,19)17-10-11-20-14-7-2-1-3-8-14/h1-9,17H,10-12,16H2. The number of nitrogens with one attached hydrogen (secondary N) is 1. The quantitative estimate of drug-likeness (QED) is 0.760. The first kappa shape index (κ1) is 15.5. The molecule has 112 valence electrons. The second-order valence-corrected chi connectivity index (χ2v) is 6.11. The minimum absolute atomic E-state index is 0.178. The van der Waals surface area contributed by atoms with Gasteiger partial charge in [-0.2, -0.15) is 0 Å². The molecule has 5 nitrogen and oxygen atoms in total. The normalized spacial score (nSPS) is 11.3. The minimum atomic E-state index is -3.57. The van der Waals surface area contributed by atoms with E-state index in [4.69, 9.17) is 10.5 Å². The van der Waals surface area contributed by atoms with Crippen molar-refractivity contribution in [2.75, 3.05) is 13.2 Å². The second kappa shape index (κ2) is 7.21. The van der Waals surface area contributed by atoms with E-state index in [1.165, 1.54) is 0 Å². The third kappa shape index (κ3) is 4.29. The zero-order chi connectivity index (χ0) is 15.1. The summed E-state index contributed by atoms with van der Waals surface area (Å²) in [6.45, 7) is 0.627. The molecule has 0 bridgehead atoms. The summed E-state index contributed by atoms with van der Waals surface area (Å²) in [6, 6.07) is 15.9. The van der Waals surface area contributed by atoms with Crippen molar-refractivity contribution in [3.05, 3.63) is 60.2 Å². The van der Waals surface area contributed by atoms with Crippen LogP contribution in [0.4, 0.5) is 0 Å². The van der Waals surface area contributed by atoms with Crippen molar-refractivity contribution < 1.29 is 13.2 Å². The molecular formula is C15H18N2O3S. The van der Waals surface area contributed by atoms with Gasteiger partial charge < -0.3 is 10.5 Å². The van der Waals surface area contributed by atoms with Crippen LogP contribution in [-0.2, 0) is 16.6 Å². The lowest BCUT2D eigenvalue weighted by Gasteiger charge is -2.11. The summed E-state index contributed by atoms with van der Waals surface area (Å²) in [5, 5.41) is 0. The molecule has 6 heteroatoms. The van der Waals surface area contributed by atoms with Crippen LogP contribution in [0.5, 0.6) is 5.75 Å². The molecule has 2 rings (SSSR count). The first-order valence-electron chi connectivity index (χ1n) is 6.59. The molecule has 3 N–H and O–H groups in total. The van der Waals surface area contributed by atoms with E-state index in [1.54, 1.807) is 24.3 Å². The van der Waals surface area contributed by atoms with Gasteiger partial charge in [0, 0.05) is 13.1 Å². The second-order valence-electron chi connectivity index (χ2n) is 4.37. The van der Waals surface area contributed by atoms with Gasteiger partial charge in [0.1, 0.15) is 12.4 Å². The van der Waals surface area contributed by atoms with Crippen molar-refractivity contribution in [1.29, 1.82) is 0 Å². The van der Waals surface area contributed by atoms with E-state index in [1.807, 2.05) is 30.3 Å². The van der Waals surface area contributed by atoms with E-state index in [2.05, 4.69) is 4.72 Å². The largest absolute Gasteiger partial charge is 0.492 e. The van der Waals surface area contributed by atoms with Gasteiger partial charge in [-0.05, 0) is 23.8 Å². The average Bonchev–Trinajstić information content (AvgIpc) is 2.52. The molecule has 0 aliphatic heterocycles. The van der Waals surface area contributed by atoms with Crippen LogP contribution in [0.1, 0.15) is 5.56 Å². The first-order valence-corrected chi connectivity index (χ1v) is 8.07. The van der Waals surface area contributed by atoms with E-state index in [0.29, 0.717) is 11.3 Å². The maximum absolute atomic E-state index is 12.2. The number of sulfonamides is 1. The lowest BCUT2D eigenvalue weighted by molar-refractivity contribution is 0.323. The smallest absolute Gasteiger partial charge is 0.241 e. The van der Waals surface area contributed by atoms with Gasteiger partial charge in [-0.15, -0.1) is 0 Å². The Morgan fingerprint density at radius 3 is 2.38 bits per heavy atom. The van der Waals surface area contributed by atoms with Crippen LogP contribution in [0.15, 0.2) is 59.5 Å². The molecule has 2 aromatic rings. The average molecular weight is 306 g/mol. The Kier molecular flexibility index (Phi) is 5.32. The summed E-state index contributed by atoms with van der Waals surface area (Å²) >= 11 is 0. The van der Waals surface area contributed by atoms with Crippen molar-refractivity contribution in [1.82, 2.24) is 4.72 Å². The van der Waals surface area contributed by atoms with Crippen LogP contribution in [0.3, 0.4) is 0 Å². The van der Waals surface area contributed by atoms with Gasteiger partial charge in [-0.3, -0.25) is 0 Å². The summed E-state index contributed by atoms with van der Waals surface area (Å²) in [4.78, 5) is 0.215.